The van der Waals surface area contributed by atoms with Gasteiger partial charge < -0.3 is 0 Å². The molecule has 0 unspecified atom stereocenters. The second kappa shape index (κ2) is 11.3. The Morgan fingerprint density at radius 3 is 1.94 bits per heavy atom. The van der Waals surface area contributed by atoms with Gasteiger partial charge >= 0.3 is 0 Å². The van der Waals surface area contributed by atoms with Gasteiger partial charge in [0.2, 0.25) is 0 Å². The lowest BCUT2D eigenvalue weighted by atomic mass is 10.1. The number of para-hydroxylation sites is 1. The zero-order valence-electron chi connectivity index (χ0n) is 18.6. The number of nitriles is 1. The second-order valence-electron chi connectivity index (χ2n) is 7.39. The van der Waals surface area contributed by atoms with Crippen molar-refractivity contribution in [3.63, 3.8) is 0 Å². The quantitative estimate of drug-likeness (QED) is 0.342. The first-order valence-electron chi connectivity index (χ1n) is 10.6. The fourth-order valence-corrected chi connectivity index (χ4v) is 3.75. The molecule has 0 aliphatic carbocycles. The summed E-state index contributed by atoms with van der Waals surface area (Å²) in [5, 5.41) is 19.6. The van der Waals surface area contributed by atoms with Crippen LogP contribution in [0.5, 0.6) is 0 Å². The lowest BCUT2D eigenvalue weighted by molar-refractivity contribution is 0.808. The molecule has 176 valence electrons. The molecule has 3 aromatic carbocycles. The number of nitrogens with zero attached hydrogens (tertiary/aromatic N) is 4. The van der Waals surface area contributed by atoms with Crippen molar-refractivity contribution in [2.45, 2.75) is 0 Å². The van der Waals surface area contributed by atoms with Gasteiger partial charge in [-0.05, 0) is 35.4 Å². The minimum atomic E-state index is -0.321. The standard InChI is InChI=1S/C17H10ClN3O.C10H7ClN2O/c18-16-10-14(12-6-2-1-3-7-12)17(22)21(20-16)15-9-5-4-8-13(15)11-19;11-9-6-8(10(14)13-12-9)7-4-2-1-3-5-7/h1-10H;1-6H,(H,13,14). The van der Waals surface area contributed by atoms with Gasteiger partial charge in [0.25, 0.3) is 11.1 Å². The molecule has 0 aliphatic rings. The SMILES string of the molecule is N#Cc1ccccc1-n1nc(Cl)cc(-c2ccccc2)c1=O.O=c1[nH]nc(Cl)cc1-c1ccccc1. The smallest absolute Gasteiger partial charge is 0.267 e. The number of hydrogen-bond donors (Lipinski definition) is 1. The lowest BCUT2D eigenvalue weighted by Crippen LogP contribution is -2.23. The molecule has 1 N–H and O–H groups in total. The monoisotopic (exact) mass is 513 g/mol. The molecular weight excluding hydrogens is 497 g/mol. The van der Waals surface area contributed by atoms with Gasteiger partial charge in [0, 0.05) is 0 Å². The van der Waals surface area contributed by atoms with Crippen molar-refractivity contribution in [3.8, 4) is 34.0 Å². The summed E-state index contributed by atoms with van der Waals surface area (Å²) in [6, 6.07) is 30.4. The van der Waals surface area contributed by atoms with Crippen LogP contribution in [0.4, 0.5) is 0 Å². The molecule has 0 radical (unpaired) electrons. The summed E-state index contributed by atoms with van der Waals surface area (Å²) >= 11 is 11.7. The molecule has 5 rings (SSSR count). The average molecular weight is 514 g/mol. The highest BCUT2D eigenvalue weighted by molar-refractivity contribution is 6.29. The van der Waals surface area contributed by atoms with E-state index in [1.54, 1.807) is 30.3 Å². The summed E-state index contributed by atoms with van der Waals surface area (Å²) in [6.07, 6.45) is 0. The van der Waals surface area contributed by atoms with Crippen molar-refractivity contribution < 1.29 is 0 Å². The van der Waals surface area contributed by atoms with Gasteiger partial charge in [-0.3, -0.25) is 9.59 Å². The van der Waals surface area contributed by atoms with Gasteiger partial charge in [-0.25, -0.2) is 5.10 Å². The molecule has 0 saturated heterocycles. The molecule has 0 bridgehead atoms. The predicted molar refractivity (Wildman–Crippen MR) is 140 cm³/mol. The fraction of sp³-hybridized carbons (Fsp3) is 0. The van der Waals surface area contributed by atoms with Crippen molar-refractivity contribution >= 4 is 23.2 Å². The van der Waals surface area contributed by atoms with Crippen LogP contribution in [0, 0.1) is 11.3 Å². The first-order chi connectivity index (χ1) is 17.5. The number of halogens is 2. The second-order valence-corrected chi connectivity index (χ2v) is 8.17. The third-order valence-electron chi connectivity index (χ3n) is 5.08. The van der Waals surface area contributed by atoms with Crippen LogP contribution in [0.25, 0.3) is 27.9 Å². The van der Waals surface area contributed by atoms with Crippen LogP contribution < -0.4 is 11.1 Å². The summed E-state index contributed by atoms with van der Waals surface area (Å²) in [5.41, 5.74) is 2.77. The number of aromatic nitrogens is 4. The average Bonchev–Trinajstić information content (AvgIpc) is 2.92. The Bertz CT molecular complexity index is 1660. The molecule has 2 aromatic heterocycles. The van der Waals surface area contributed by atoms with Gasteiger partial charge in [0.15, 0.2) is 5.15 Å². The third kappa shape index (κ3) is 5.58. The Labute approximate surface area is 215 Å². The van der Waals surface area contributed by atoms with Crippen LogP contribution in [-0.4, -0.2) is 20.0 Å². The number of hydrogen-bond acceptors (Lipinski definition) is 5. The minimum Gasteiger partial charge on any atom is -0.267 e. The van der Waals surface area contributed by atoms with Crippen LogP contribution in [-0.2, 0) is 0 Å². The van der Waals surface area contributed by atoms with Gasteiger partial charge in [0.05, 0.1) is 22.4 Å². The lowest BCUT2D eigenvalue weighted by Gasteiger charge is -2.09. The molecule has 0 atom stereocenters. The van der Waals surface area contributed by atoms with Gasteiger partial charge in [-0.2, -0.15) is 20.1 Å². The van der Waals surface area contributed by atoms with E-state index in [0.29, 0.717) is 22.4 Å². The van der Waals surface area contributed by atoms with Crippen molar-refractivity contribution in [2.75, 3.05) is 0 Å². The van der Waals surface area contributed by atoms with E-state index in [4.69, 9.17) is 23.2 Å². The third-order valence-corrected chi connectivity index (χ3v) is 5.45. The van der Waals surface area contributed by atoms with E-state index in [9.17, 15) is 14.9 Å². The van der Waals surface area contributed by atoms with Crippen LogP contribution >= 0.6 is 23.2 Å². The molecule has 7 nitrogen and oxygen atoms in total. The summed E-state index contributed by atoms with van der Waals surface area (Å²) in [7, 11) is 0. The van der Waals surface area contributed by atoms with Crippen LogP contribution in [0.2, 0.25) is 10.3 Å². The van der Waals surface area contributed by atoms with Gasteiger partial charge in [-0.1, -0.05) is 96.0 Å². The Hall–Kier alpha value is -4.51. The van der Waals surface area contributed by atoms with Crippen LogP contribution in [0.1, 0.15) is 5.56 Å². The highest BCUT2D eigenvalue weighted by atomic mass is 35.5. The number of nitrogens with one attached hydrogen (secondary N) is 1. The number of rotatable bonds is 3. The van der Waals surface area contributed by atoms with E-state index in [1.807, 2.05) is 60.7 Å². The first kappa shape index (κ1) is 24.6. The van der Waals surface area contributed by atoms with Gasteiger partial charge in [-0.15, -0.1) is 0 Å². The number of aromatic amines is 1. The molecule has 0 saturated carbocycles. The molecule has 2 heterocycles. The number of H-pyrrole nitrogens is 1. The van der Waals surface area contributed by atoms with E-state index < -0.39 is 0 Å². The zero-order chi connectivity index (χ0) is 25.5. The summed E-state index contributed by atoms with van der Waals surface area (Å²) in [6.45, 7) is 0. The highest BCUT2D eigenvalue weighted by Gasteiger charge is 2.13. The maximum absolute atomic E-state index is 12.7. The zero-order valence-corrected chi connectivity index (χ0v) is 20.1. The normalized spacial score (nSPS) is 10.1. The van der Waals surface area contributed by atoms with E-state index in [2.05, 4.69) is 21.4 Å². The molecule has 0 spiro atoms. The van der Waals surface area contributed by atoms with E-state index in [0.717, 1.165) is 11.1 Å². The molecule has 0 fully saturated rings. The summed E-state index contributed by atoms with van der Waals surface area (Å²) in [4.78, 5) is 24.1. The van der Waals surface area contributed by atoms with E-state index >= 15 is 0 Å². The topological polar surface area (TPSA) is 104 Å². The number of benzene rings is 3. The maximum atomic E-state index is 12.7. The van der Waals surface area contributed by atoms with E-state index in [1.165, 1.54) is 10.7 Å². The molecule has 5 aromatic rings. The Morgan fingerprint density at radius 1 is 0.750 bits per heavy atom. The Balaban J connectivity index is 0.000000187. The predicted octanol–water partition coefficient (Wildman–Crippen LogP) is 5.51. The summed E-state index contributed by atoms with van der Waals surface area (Å²) < 4.78 is 1.17. The van der Waals surface area contributed by atoms with Crippen molar-refractivity contribution in [2.24, 2.45) is 0 Å². The minimum absolute atomic E-state index is 0.186. The Morgan fingerprint density at radius 2 is 1.31 bits per heavy atom. The van der Waals surface area contributed by atoms with Crippen molar-refractivity contribution in [1.82, 2.24) is 20.0 Å². The van der Waals surface area contributed by atoms with Crippen LogP contribution in [0.3, 0.4) is 0 Å². The van der Waals surface area contributed by atoms with Crippen LogP contribution in [0.15, 0.2) is 107 Å². The molecule has 0 amide bonds. The highest BCUT2D eigenvalue weighted by Crippen LogP contribution is 2.20. The van der Waals surface area contributed by atoms with Crippen molar-refractivity contribution in [1.29, 1.82) is 5.26 Å². The molecule has 0 aliphatic heterocycles. The first-order valence-corrected chi connectivity index (χ1v) is 11.4. The maximum Gasteiger partial charge on any atom is 0.279 e. The fourth-order valence-electron chi connectivity index (χ4n) is 3.42. The molecular formula is C27H17Cl2N5O2. The summed E-state index contributed by atoms with van der Waals surface area (Å²) in [5.74, 6) is 0. The van der Waals surface area contributed by atoms with Crippen molar-refractivity contribution in [3.05, 3.63) is 134 Å². The molecule has 9 heteroatoms. The largest absolute Gasteiger partial charge is 0.279 e. The Kier molecular flexibility index (Phi) is 7.71. The van der Waals surface area contributed by atoms with E-state index in [-0.39, 0.29) is 21.4 Å². The molecule has 36 heavy (non-hydrogen) atoms. The van der Waals surface area contributed by atoms with Gasteiger partial charge in [0.1, 0.15) is 11.2 Å².